The molecule has 0 heterocycles. The molecule has 78 valence electrons. The lowest BCUT2D eigenvalue weighted by Gasteiger charge is -2.12. The van der Waals surface area contributed by atoms with Crippen molar-refractivity contribution in [3.8, 4) is 0 Å². The van der Waals surface area contributed by atoms with Gasteiger partial charge in [0.1, 0.15) is 0 Å². The average Bonchev–Trinajstić information content (AvgIpc) is 2.30. The molecule has 1 aromatic rings. The zero-order valence-corrected chi connectivity index (χ0v) is 8.62. The summed E-state index contributed by atoms with van der Waals surface area (Å²) >= 11 is 0. The number of para-hydroxylation sites is 1. The maximum absolute atomic E-state index is 8.14. The number of anilines is 1. The second-order valence-electron chi connectivity index (χ2n) is 2.94. The number of hydrogen-bond acceptors (Lipinski definition) is 3. The van der Waals surface area contributed by atoms with Crippen molar-refractivity contribution in [2.45, 2.75) is 0 Å². The second kappa shape index (κ2) is 6.43. The number of benzene rings is 1. The minimum atomic E-state index is 1.12. The SMILES string of the molecule is CN(C=CC=CC=NO)c1ccccc1. The van der Waals surface area contributed by atoms with E-state index in [0.717, 1.165) is 5.69 Å². The maximum Gasteiger partial charge on any atom is 0.0661 e. The molecule has 0 atom stereocenters. The van der Waals surface area contributed by atoms with E-state index in [9.17, 15) is 0 Å². The molecule has 0 saturated heterocycles. The summed E-state index contributed by atoms with van der Waals surface area (Å²) in [7, 11) is 1.97. The lowest BCUT2D eigenvalue weighted by molar-refractivity contribution is 0.322. The van der Waals surface area contributed by atoms with Crippen LogP contribution in [0.4, 0.5) is 5.69 Å². The number of allylic oxidation sites excluding steroid dienone is 3. The van der Waals surface area contributed by atoms with Crippen LogP contribution in [0.15, 0.2) is 59.9 Å². The van der Waals surface area contributed by atoms with E-state index in [1.54, 1.807) is 12.2 Å². The highest BCUT2D eigenvalue weighted by Gasteiger charge is 1.91. The van der Waals surface area contributed by atoms with Crippen molar-refractivity contribution in [3.63, 3.8) is 0 Å². The molecule has 1 N–H and O–H groups in total. The van der Waals surface area contributed by atoms with E-state index < -0.39 is 0 Å². The maximum atomic E-state index is 8.14. The van der Waals surface area contributed by atoms with Crippen LogP contribution in [0.25, 0.3) is 0 Å². The van der Waals surface area contributed by atoms with Gasteiger partial charge in [-0.1, -0.05) is 29.4 Å². The molecule has 1 rings (SSSR count). The molecular weight excluding hydrogens is 188 g/mol. The highest BCUT2D eigenvalue weighted by molar-refractivity contribution is 5.70. The minimum absolute atomic E-state index is 1.12. The number of hydrogen-bond donors (Lipinski definition) is 1. The van der Waals surface area contributed by atoms with Gasteiger partial charge in [-0.2, -0.15) is 0 Å². The van der Waals surface area contributed by atoms with Gasteiger partial charge in [-0.3, -0.25) is 0 Å². The third-order valence-electron chi connectivity index (χ3n) is 1.85. The highest BCUT2D eigenvalue weighted by Crippen LogP contribution is 2.10. The summed E-state index contributed by atoms with van der Waals surface area (Å²) in [5.41, 5.74) is 1.12. The van der Waals surface area contributed by atoms with Crippen molar-refractivity contribution in [3.05, 3.63) is 54.8 Å². The van der Waals surface area contributed by atoms with E-state index in [1.165, 1.54) is 6.21 Å². The van der Waals surface area contributed by atoms with Gasteiger partial charge in [-0.15, -0.1) is 0 Å². The molecule has 1 aromatic carbocycles. The van der Waals surface area contributed by atoms with Crippen molar-refractivity contribution in [1.29, 1.82) is 0 Å². The first kappa shape index (κ1) is 11.0. The van der Waals surface area contributed by atoms with Crippen molar-refractivity contribution in [2.24, 2.45) is 5.16 Å². The molecule has 0 aliphatic rings. The Morgan fingerprint density at radius 1 is 1.13 bits per heavy atom. The number of nitrogens with zero attached hydrogens (tertiary/aromatic N) is 2. The first-order valence-corrected chi connectivity index (χ1v) is 4.63. The van der Waals surface area contributed by atoms with E-state index in [1.807, 2.05) is 54.6 Å². The predicted molar refractivity (Wildman–Crippen MR) is 63.4 cm³/mol. The summed E-state index contributed by atoms with van der Waals surface area (Å²) in [5.74, 6) is 0. The molecule has 3 nitrogen and oxygen atoms in total. The lowest BCUT2D eigenvalue weighted by Crippen LogP contribution is -2.06. The fourth-order valence-corrected chi connectivity index (χ4v) is 1.08. The van der Waals surface area contributed by atoms with E-state index >= 15 is 0 Å². The van der Waals surface area contributed by atoms with Crippen LogP contribution in [0.2, 0.25) is 0 Å². The fraction of sp³-hybridized carbons (Fsp3) is 0.0833. The van der Waals surface area contributed by atoms with Crippen molar-refractivity contribution >= 4 is 11.9 Å². The quantitative estimate of drug-likeness (QED) is 0.352. The summed E-state index contributed by atoms with van der Waals surface area (Å²) in [6.07, 6.45) is 8.55. The van der Waals surface area contributed by atoms with E-state index in [0.29, 0.717) is 0 Å². The van der Waals surface area contributed by atoms with Gasteiger partial charge in [0.15, 0.2) is 0 Å². The summed E-state index contributed by atoms with van der Waals surface area (Å²) < 4.78 is 0. The molecule has 3 heteroatoms. The topological polar surface area (TPSA) is 35.8 Å². The summed E-state index contributed by atoms with van der Waals surface area (Å²) in [4.78, 5) is 2.00. The zero-order valence-electron chi connectivity index (χ0n) is 8.62. The van der Waals surface area contributed by atoms with Crippen molar-refractivity contribution < 1.29 is 5.21 Å². The van der Waals surface area contributed by atoms with Crippen molar-refractivity contribution in [2.75, 3.05) is 11.9 Å². The molecule has 0 fully saturated rings. The van der Waals surface area contributed by atoms with Crippen LogP contribution in [0.3, 0.4) is 0 Å². The third-order valence-corrected chi connectivity index (χ3v) is 1.85. The Morgan fingerprint density at radius 3 is 2.53 bits per heavy atom. The number of oxime groups is 1. The third kappa shape index (κ3) is 4.13. The molecule has 0 unspecified atom stereocenters. The fourth-order valence-electron chi connectivity index (χ4n) is 1.08. The Morgan fingerprint density at radius 2 is 1.87 bits per heavy atom. The van der Waals surface area contributed by atoms with Gasteiger partial charge >= 0.3 is 0 Å². The first-order valence-electron chi connectivity index (χ1n) is 4.63. The van der Waals surface area contributed by atoms with Gasteiger partial charge in [0.2, 0.25) is 0 Å². The Balaban J connectivity index is 2.52. The number of rotatable bonds is 4. The van der Waals surface area contributed by atoms with Crippen LogP contribution >= 0.6 is 0 Å². The summed E-state index contributed by atoms with van der Waals surface area (Å²) in [6, 6.07) is 10.0. The molecule has 0 aromatic heterocycles. The van der Waals surface area contributed by atoms with Gasteiger partial charge in [0.05, 0.1) is 6.21 Å². The largest absolute Gasteiger partial charge is 0.411 e. The molecule has 0 aliphatic carbocycles. The molecule has 0 aliphatic heterocycles. The van der Waals surface area contributed by atoms with Crippen LogP contribution in [-0.4, -0.2) is 18.5 Å². The predicted octanol–water partition coefficient (Wildman–Crippen LogP) is 2.65. The van der Waals surface area contributed by atoms with E-state index in [2.05, 4.69) is 5.16 Å². The van der Waals surface area contributed by atoms with Crippen LogP contribution in [0, 0.1) is 0 Å². The Labute approximate surface area is 89.6 Å². The zero-order chi connectivity index (χ0) is 10.9. The van der Waals surface area contributed by atoms with Gasteiger partial charge in [-0.05, 0) is 24.3 Å². The molecular formula is C12H14N2O. The standard InChI is InChI=1S/C12H14N2O/c1-14(11-7-3-6-10-13-15)12-8-4-2-5-9-12/h2-11,15H,1H3. The average molecular weight is 202 g/mol. The van der Waals surface area contributed by atoms with Gasteiger partial charge in [-0.25, -0.2) is 0 Å². The van der Waals surface area contributed by atoms with Gasteiger partial charge < -0.3 is 10.1 Å². The van der Waals surface area contributed by atoms with Gasteiger partial charge in [0.25, 0.3) is 0 Å². The summed E-state index contributed by atoms with van der Waals surface area (Å²) in [6.45, 7) is 0. The normalized spacial score (nSPS) is 11.8. The van der Waals surface area contributed by atoms with E-state index in [4.69, 9.17) is 5.21 Å². The monoisotopic (exact) mass is 202 g/mol. The van der Waals surface area contributed by atoms with Crippen LogP contribution < -0.4 is 4.90 Å². The van der Waals surface area contributed by atoms with Gasteiger partial charge in [0, 0.05) is 18.9 Å². The molecule has 0 spiro atoms. The Bertz CT molecular complexity index is 355. The Hall–Kier alpha value is -2.03. The first-order chi connectivity index (χ1) is 7.34. The highest BCUT2D eigenvalue weighted by atomic mass is 16.4. The lowest BCUT2D eigenvalue weighted by atomic mass is 10.3. The van der Waals surface area contributed by atoms with Crippen LogP contribution in [0.5, 0.6) is 0 Å². The summed E-state index contributed by atoms with van der Waals surface area (Å²) in [5, 5.41) is 11.0. The molecule has 0 amide bonds. The van der Waals surface area contributed by atoms with E-state index in [-0.39, 0.29) is 0 Å². The molecule has 0 radical (unpaired) electrons. The molecule has 0 saturated carbocycles. The molecule has 15 heavy (non-hydrogen) atoms. The minimum Gasteiger partial charge on any atom is -0.411 e. The second-order valence-corrected chi connectivity index (χ2v) is 2.94. The van der Waals surface area contributed by atoms with Crippen molar-refractivity contribution in [1.82, 2.24) is 0 Å². The smallest absolute Gasteiger partial charge is 0.0661 e. The Kier molecular flexibility index (Phi) is 4.73. The molecule has 0 bridgehead atoms. The van der Waals surface area contributed by atoms with Crippen LogP contribution in [0.1, 0.15) is 0 Å². The van der Waals surface area contributed by atoms with Crippen LogP contribution in [-0.2, 0) is 0 Å².